The van der Waals surface area contributed by atoms with Crippen LogP contribution < -0.4 is 10.6 Å². The van der Waals surface area contributed by atoms with Crippen LogP contribution in [0.25, 0.3) is 0 Å². The summed E-state index contributed by atoms with van der Waals surface area (Å²) in [5.74, 6) is -4.21. The van der Waals surface area contributed by atoms with E-state index in [0.29, 0.717) is 0 Å². The van der Waals surface area contributed by atoms with Crippen molar-refractivity contribution in [3.05, 3.63) is 65.0 Å². The maximum absolute atomic E-state index is 13.8. The summed E-state index contributed by atoms with van der Waals surface area (Å²) in [7, 11) is 0. The zero-order chi connectivity index (χ0) is 18.6. The van der Waals surface area contributed by atoms with E-state index in [0.717, 1.165) is 24.3 Å². The second-order valence-electron chi connectivity index (χ2n) is 5.28. The molecule has 0 aliphatic carbocycles. The highest BCUT2D eigenvalue weighted by Crippen LogP contribution is 2.17. The van der Waals surface area contributed by atoms with Gasteiger partial charge in [-0.1, -0.05) is 6.07 Å². The highest BCUT2D eigenvalue weighted by molar-refractivity contribution is 5.97. The van der Waals surface area contributed by atoms with E-state index in [1.165, 1.54) is 19.1 Å². The van der Waals surface area contributed by atoms with Crippen LogP contribution >= 0.6 is 0 Å². The molecule has 25 heavy (non-hydrogen) atoms. The Bertz CT molecular complexity index is 812. The molecule has 1 atom stereocenters. The van der Waals surface area contributed by atoms with Crippen LogP contribution in [0.15, 0.2) is 36.4 Å². The summed E-state index contributed by atoms with van der Waals surface area (Å²) in [6, 6.07) is 6.30. The molecule has 0 spiro atoms. The van der Waals surface area contributed by atoms with Crippen molar-refractivity contribution in [2.45, 2.75) is 13.0 Å². The maximum atomic E-state index is 13.8. The zero-order valence-electron chi connectivity index (χ0n) is 13.1. The third-order valence-corrected chi connectivity index (χ3v) is 3.32. The van der Waals surface area contributed by atoms with Crippen molar-refractivity contribution in [2.24, 2.45) is 0 Å². The Morgan fingerprint density at radius 1 is 1.04 bits per heavy atom. The van der Waals surface area contributed by atoms with Gasteiger partial charge in [0.2, 0.25) is 5.91 Å². The Labute approximate surface area is 141 Å². The normalized spacial score (nSPS) is 11.7. The average Bonchev–Trinajstić information content (AvgIpc) is 2.56. The minimum absolute atomic E-state index is 0.0617. The predicted octanol–water partition coefficient (Wildman–Crippen LogP) is 2.53. The number of anilines is 1. The smallest absolute Gasteiger partial charge is 0.254 e. The number of rotatable bonds is 5. The molecule has 2 aromatic carbocycles. The van der Waals surface area contributed by atoms with Gasteiger partial charge in [0.05, 0.1) is 11.7 Å². The summed E-state index contributed by atoms with van der Waals surface area (Å²) >= 11 is 0. The summed E-state index contributed by atoms with van der Waals surface area (Å²) < 4.78 is 39.8. The molecule has 0 saturated carbocycles. The van der Waals surface area contributed by atoms with Crippen molar-refractivity contribution in [1.29, 1.82) is 0 Å². The third-order valence-electron chi connectivity index (χ3n) is 3.32. The van der Waals surface area contributed by atoms with Gasteiger partial charge in [-0.25, -0.2) is 13.2 Å². The molecule has 0 aromatic heterocycles. The first kappa shape index (κ1) is 18.5. The van der Waals surface area contributed by atoms with Gasteiger partial charge in [-0.3, -0.25) is 9.59 Å². The molecule has 0 radical (unpaired) electrons. The molecule has 0 fully saturated rings. The number of hydrogen-bond donors (Lipinski definition) is 3. The number of nitrogens with one attached hydrogen (secondary N) is 2. The molecule has 0 aliphatic rings. The molecule has 132 valence electrons. The van der Waals surface area contributed by atoms with E-state index in [9.17, 15) is 27.9 Å². The Hall–Kier alpha value is -2.87. The van der Waals surface area contributed by atoms with Gasteiger partial charge in [0.1, 0.15) is 5.82 Å². The lowest BCUT2D eigenvalue weighted by atomic mass is 10.1. The van der Waals surface area contributed by atoms with Crippen LogP contribution in [-0.2, 0) is 4.79 Å². The Kier molecular flexibility index (Phi) is 5.76. The van der Waals surface area contributed by atoms with Crippen molar-refractivity contribution < 1.29 is 27.9 Å². The van der Waals surface area contributed by atoms with Gasteiger partial charge < -0.3 is 15.7 Å². The van der Waals surface area contributed by atoms with Gasteiger partial charge in [-0.2, -0.15) is 0 Å². The number of aliphatic hydroxyl groups excluding tert-OH is 1. The van der Waals surface area contributed by atoms with E-state index in [1.807, 2.05) is 0 Å². The molecule has 8 heteroatoms. The van der Waals surface area contributed by atoms with Gasteiger partial charge in [0.25, 0.3) is 5.91 Å². The first-order valence-corrected chi connectivity index (χ1v) is 7.26. The summed E-state index contributed by atoms with van der Waals surface area (Å²) in [5.41, 5.74) is -0.0318. The highest BCUT2D eigenvalue weighted by Gasteiger charge is 2.16. The summed E-state index contributed by atoms with van der Waals surface area (Å²) in [5, 5.41) is 14.6. The van der Waals surface area contributed by atoms with Crippen molar-refractivity contribution >= 4 is 17.5 Å². The molecule has 2 amide bonds. The summed E-state index contributed by atoms with van der Waals surface area (Å²) in [6.45, 7) is 0.926. The van der Waals surface area contributed by atoms with Gasteiger partial charge >= 0.3 is 0 Å². The largest absolute Gasteiger partial charge is 0.387 e. The molecule has 0 saturated heterocycles. The third kappa shape index (κ3) is 4.80. The molecule has 5 nitrogen and oxygen atoms in total. The number of benzene rings is 2. The van der Waals surface area contributed by atoms with E-state index in [1.54, 1.807) is 0 Å². The Morgan fingerprint density at radius 3 is 2.36 bits per heavy atom. The molecule has 0 heterocycles. The van der Waals surface area contributed by atoms with E-state index in [4.69, 9.17) is 0 Å². The lowest BCUT2D eigenvalue weighted by molar-refractivity contribution is -0.114. The highest BCUT2D eigenvalue weighted by atomic mass is 19.2. The fourth-order valence-corrected chi connectivity index (χ4v) is 2.10. The predicted molar refractivity (Wildman–Crippen MR) is 84.4 cm³/mol. The quantitative estimate of drug-likeness (QED) is 0.774. The minimum Gasteiger partial charge on any atom is -0.387 e. The lowest BCUT2D eigenvalue weighted by Crippen LogP contribution is -2.29. The standard InChI is InChI=1S/C17H15F3N2O3/c1-9(23)22-11-3-5-13(18)12(7-11)17(25)21-8-16(24)10-2-4-14(19)15(20)6-10/h2-7,16,24H,8H2,1H3,(H,21,25)(H,22,23)/t16-/m1/s1. The van der Waals surface area contributed by atoms with Crippen LogP contribution in [0.3, 0.4) is 0 Å². The van der Waals surface area contributed by atoms with Crippen LogP contribution in [0.5, 0.6) is 0 Å². The number of amides is 2. The first-order valence-electron chi connectivity index (χ1n) is 7.26. The van der Waals surface area contributed by atoms with E-state index in [-0.39, 0.29) is 29.3 Å². The number of carbonyl (C=O) groups is 2. The van der Waals surface area contributed by atoms with E-state index < -0.39 is 29.5 Å². The monoisotopic (exact) mass is 352 g/mol. The summed E-state index contributed by atoms with van der Waals surface area (Å²) in [4.78, 5) is 23.1. The summed E-state index contributed by atoms with van der Waals surface area (Å²) in [6.07, 6.45) is -1.30. The van der Waals surface area contributed by atoms with Gasteiger partial charge in [-0.15, -0.1) is 0 Å². The SMILES string of the molecule is CC(=O)Nc1ccc(F)c(C(=O)NC[C@@H](O)c2ccc(F)c(F)c2)c1. The second-order valence-corrected chi connectivity index (χ2v) is 5.28. The number of hydrogen-bond acceptors (Lipinski definition) is 3. The van der Waals surface area contributed by atoms with Crippen molar-refractivity contribution in [2.75, 3.05) is 11.9 Å². The van der Waals surface area contributed by atoms with Gasteiger partial charge in [-0.05, 0) is 35.9 Å². The zero-order valence-corrected chi connectivity index (χ0v) is 13.1. The van der Waals surface area contributed by atoms with Crippen LogP contribution in [-0.4, -0.2) is 23.5 Å². The van der Waals surface area contributed by atoms with Gasteiger partial charge in [0, 0.05) is 19.2 Å². The van der Waals surface area contributed by atoms with E-state index in [2.05, 4.69) is 10.6 Å². The van der Waals surface area contributed by atoms with Crippen molar-refractivity contribution in [3.8, 4) is 0 Å². The minimum atomic E-state index is -1.30. The molecular formula is C17H15F3N2O3. The molecule has 0 unspecified atom stereocenters. The number of carbonyl (C=O) groups excluding carboxylic acids is 2. The number of halogens is 3. The maximum Gasteiger partial charge on any atom is 0.254 e. The topological polar surface area (TPSA) is 78.4 Å². The van der Waals surface area contributed by atoms with Crippen LogP contribution in [0.1, 0.15) is 28.9 Å². The average molecular weight is 352 g/mol. The Morgan fingerprint density at radius 2 is 1.72 bits per heavy atom. The number of aliphatic hydroxyl groups is 1. The fourth-order valence-electron chi connectivity index (χ4n) is 2.10. The molecule has 2 aromatic rings. The molecule has 0 aliphatic heterocycles. The van der Waals surface area contributed by atoms with Gasteiger partial charge in [0.15, 0.2) is 11.6 Å². The molecule has 2 rings (SSSR count). The fraction of sp³-hybridized carbons (Fsp3) is 0.176. The van der Waals surface area contributed by atoms with Crippen LogP contribution in [0.2, 0.25) is 0 Å². The second kappa shape index (κ2) is 7.80. The molecular weight excluding hydrogens is 337 g/mol. The Balaban J connectivity index is 2.06. The van der Waals surface area contributed by atoms with Crippen molar-refractivity contribution in [3.63, 3.8) is 0 Å². The van der Waals surface area contributed by atoms with Crippen LogP contribution in [0.4, 0.5) is 18.9 Å². The molecule has 0 bridgehead atoms. The lowest BCUT2D eigenvalue weighted by Gasteiger charge is -2.13. The first-order chi connectivity index (χ1) is 11.8. The van der Waals surface area contributed by atoms with Crippen LogP contribution in [0, 0.1) is 17.5 Å². The van der Waals surface area contributed by atoms with Crippen molar-refractivity contribution in [1.82, 2.24) is 5.32 Å². The van der Waals surface area contributed by atoms with E-state index >= 15 is 0 Å². The molecule has 3 N–H and O–H groups in total.